The lowest BCUT2D eigenvalue weighted by atomic mass is 10.2. The fourth-order valence-corrected chi connectivity index (χ4v) is 3.29. The van der Waals surface area contributed by atoms with Gasteiger partial charge in [-0.05, 0) is 78.1 Å². The van der Waals surface area contributed by atoms with Gasteiger partial charge in [-0.1, -0.05) is 0 Å². The zero-order valence-electron chi connectivity index (χ0n) is 13.0. The molecular formula is C16H14Br3N3O3. The van der Waals surface area contributed by atoms with Crippen molar-refractivity contribution < 1.29 is 14.6 Å². The maximum Gasteiger partial charge on any atom is 0.259 e. The topological polar surface area (TPSA) is 83.0 Å². The first-order valence-electron chi connectivity index (χ1n) is 6.98. The molecule has 0 saturated heterocycles. The molecule has 0 saturated carbocycles. The van der Waals surface area contributed by atoms with E-state index in [4.69, 9.17) is 4.74 Å². The van der Waals surface area contributed by atoms with Crippen LogP contribution in [0.1, 0.15) is 5.56 Å². The third-order valence-electron chi connectivity index (χ3n) is 3.08. The van der Waals surface area contributed by atoms with Crippen LogP contribution in [0.3, 0.4) is 0 Å². The van der Waals surface area contributed by atoms with Gasteiger partial charge in [-0.15, -0.1) is 0 Å². The highest BCUT2D eigenvalue weighted by Gasteiger charge is 2.07. The van der Waals surface area contributed by atoms with Crippen molar-refractivity contribution in [3.8, 4) is 11.5 Å². The molecule has 25 heavy (non-hydrogen) atoms. The number of methoxy groups -OCH3 is 1. The van der Waals surface area contributed by atoms with Gasteiger partial charge in [0.15, 0.2) is 0 Å². The number of halogens is 3. The SMILES string of the molecule is COc1ccc(O)c(/C=N\NC(=O)CNc2cc(Br)c(Br)cc2Br)c1. The largest absolute Gasteiger partial charge is 0.507 e. The van der Waals surface area contributed by atoms with E-state index in [0.29, 0.717) is 11.3 Å². The number of benzene rings is 2. The van der Waals surface area contributed by atoms with Crippen molar-refractivity contribution >= 4 is 65.6 Å². The minimum atomic E-state index is -0.329. The van der Waals surface area contributed by atoms with Gasteiger partial charge in [-0.3, -0.25) is 4.79 Å². The van der Waals surface area contributed by atoms with Gasteiger partial charge in [0.1, 0.15) is 11.5 Å². The molecule has 6 nitrogen and oxygen atoms in total. The summed E-state index contributed by atoms with van der Waals surface area (Å²) >= 11 is 10.2. The molecular weight excluding hydrogens is 522 g/mol. The van der Waals surface area contributed by atoms with Crippen LogP contribution in [0.4, 0.5) is 5.69 Å². The molecule has 0 bridgehead atoms. The maximum atomic E-state index is 11.9. The van der Waals surface area contributed by atoms with Gasteiger partial charge in [-0.25, -0.2) is 5.43 Å². The maximum absolute atomic E-state index is 11.9. The first-order valence-corrected chi connectivity index (χ1v) is 9.36. The number of phenolic OH excluding ortho intramolecular Hbond substituents is 1. The standard InChI is InChI=1S/C16H14Br3N3O3/c1-25-10-2-3-15(23)9(4-10)7-21-22-16(24)8-20-14-6-12(18)11(17)5-13(14)19/h2-7,20,23H,8H2,1H3,(H,22,24)/b21-7-. The summed E-state index contributed by atoms with van der Waals surface area (Å²) in [6.45, 7) is 0.0358. The average Bonchev–Trinajstić information content (AvgIpc) is 2.58. The number of phenols is 1. The molecule has 3 N–H and O–H groups in total. The highest BCUT2D eigenvalue weighted by molar-refractivity contribution is 9.13. The van der Waals surface area contributed by atoms with Crippen LogP contribution in [0, 0.1) is 0 Å². The number of rotatable bonds is 6. The molecule has 0 aromatic heterocycles. The van der Waals surface area contributed by atoms with E-state index in [0.717, 1.165) is 19.1 Å². The number of aromatic hydroxyl groups is 1. The van der Waals surface area contributed by atoms with Gasteiger partial charge in [0.25, 0.3) is 5.91 Å². The monoisotopic (exact) mass is 533 g/mol. The summed E-state index contributed by atoms with van der Waals surface area (Å²) in [5.74, 6) is 0.294. The minimum Gasteiger partial charge on any atom is -0.507 e. The van der Waals surface area contributed by atoms with Gasteiger partial charge >= 0.3 is 0 Å². The van der Waals surface area contributed by atoms with Crippen LogP contribution in [-0.4, -0.2) is 30.9 Å². The van der Waals surface area contributed by atoms with Crippen molar-refractivity contribution in [1.82, 2.24) is 5.43 Å². The van der Waals surface area contributed by atoms with Gasteiger partial charge in [0.05, 0.1) is 25.6 Å². The third kappa shape index (κ3) is 5.72. The smallest absolute Gasteiger partial charge is 0.259 e. The number of ether oxygens (including phenoxy) is 1. The van der Waals surface area contributed by atoms with E-state index in [2.05, 4.69) is 63.6 Å². The van der Waals surface area contributed by atoms with E-state index < -0.39 is 0 Å². The lowest BCUT2D eigenvalue weighted by Crippen LogP contribution is -2.26. The molecule has 0 spiro atoms. The normalized spacial score (nSPS) is 10.7. The second-order valence-electron chi connectivity index (χ2n) is 4.82. The first-order chi connectivity index (χ1) is 11.9. The van der Waals surface area contributed by atoms with Crippen molar-refractivity contribution in [2.24, 2.45) is 5.10 Å². The molecule has 9 heteroatoms. The van der Waals surface area contributed by atoms with E-state index in [-0.39, 0.29) is 18.2 Å². The summed E-state index contributed by atoms with van der Waals surface area (Å²) in [5, 5.41) is 16.6. The molecule has 0 radical (unpaired) electrons. The predicted octanol–water partition coefficient (Wildman–Crippen LogP) is 4.25. The minimum absolute atomic E-state index is 0.0358. The molecule has 2 rings (SSSR count). The lowest BCUT2D eigenvalue weighted by molar-refractivity contribution is -0.119. The molecule has 2 aromatic rings. The molecule has 132 valence electrons. The molecule has 0 fully saturated rings. The van der Waals surface area contributed by atoms with Gasteiger partial charge < -0.3 is 15.2 Å². The van der Waals surface area contributed by atoms with Gasteiger partial charge in [0.2, 0.25) is 0 Å². The Labute approximate surface area is 170 Å². The van der Waals surface area contributed by atoms with Crippen molar-refractivity contribution in [2.45, 2.75) is 0 Å². The molecule has 0 aliphatic carbocycles. The van der Waals surface area contributed by atoms with Crippen molar-refractivity contribution in [3.05, 3.63) is 49.3 Å². The van der Waals surface area contributed by atoms with Crippen LogP contribution in [0.15, 0.2) is 48.9 Å². The van der Waals surface area contributed by atoms with Crippen molar-refractivity contribution in [3.63, 3.8) is 0 Å². The Hall–Kier alpha value is -1.58. The summed E-state index contributed by atoms with van der Waals surface area (Å²) in [4.78, 5) is 11.9. The Kier molecular flexibility index (Phi) is 7.27. The fourth-order valence-electron chi connectivity index (χ4n) is 1.81. The number of hydrazone groups is 1. The number of anilines is 1. The lowest BCUT2D eigenvalue weighted by Gasteiger charge is -2.09. The van der Waals surface area contributed by atoms with Gasteiger partial charge in [-0.2, -0.15) is 5.10 Å². The Morgan fingerprint density at radius 3 is 2.64 bits per heavy atom. The number of nitrogens with zero attached hydrogens (tertiary/aromatic N) is 1. The summed E-state index contributed by atoms with van der Waals surface area (Å²) in [5.41, 5.74) is 3.59. The summed E-state index contributed by atoms with van der Waals surface area (Å²) < 4.78 is 7.66. The Balaban J connectivity index is 1.92. The zero-order chi connectivity index (χ0) is 18.4. The molecule has 0 heterocycles. The average molecular weight is 536 g/mol. The first kappa shape index (κ1) is 19.7. The van der Waals surface area contributed by atoms with Crippen LogP contribution < -0.4 is 15.5 Å². The van der Waals surface area contributed by atoms with Crippen LogP contribution in [0.5, 0.6) is 11.5 Å². The van der Waals surface area contributed by atoms with E-state index >= 15 is 0 Å². The van der Waals surface area contributed by atoms with Crippen LogP contribution in [0.25, 0.3) is 0 Å². The second-order valence-corrected chi connectivity index (χ2v) is 7.38. The number of hydrogen-bond acceptors (Lipinski definition) is 5. The zero-order valence-corrected chi connectivity index (χ0v) is 17.8. The van der Waals surface area contributed by atoms with Crippen molar-refractivity contribution in [1.29, 1.82) is 0 Å². The Bertz CT molecular complexity index is 813. The van der Waals surface area contributed by atoms with E-state index in [1.54, 1.807) is 12.1 Å². The quantitative estimate of drug-likeness (QED) is 0.293. The number of amides is 1. The number of hydrogen-bond donors (Lipinski definition) is 3. The third-order valence-corrected chi connectivity index (χ3v) is 5.58. The van der Waals surface area contributed by atoms with Crippen LogP contribution in [-0.2, 0) is 4.79 Å². The van der Waals surface area contributed by atoms with E-state index in [1.165, 1.54) is 19.4 Å². The van der Waals surface area contributed by atoms with E-state index in [9.17, 15) is 9.90 Å². The van der Waals surface area contributed by atoms with Gasteiger partial charge in [0, 0.05) is 19.0 Å². The highest BCUT2D eigenvalue weighted by atomic mass is 79.9. The fraction of sp³-hybridized carbons (Fsp3) is 0.125. The summed E-state index contributed by atoms with van der Waals surface area (Å²) in [7, 11) is 1.53. The van der Waals surface area contributed by atoms with Crippen LogP contribution >= 0.6 is 47.8 Å². The second kappa shape index (κ2) is 9.21. The molecule has 0 aliphatic rings. The molecule has 0 unspecified atom stereocenters. The summed E-state index contributed by atoms with van der Waals surface area (Å²) in [6, 6.07) is 8.45. The molecule has 2 aromatic carbocycles. The summed E-state index contributed by atoms with van der Waals surface area (Å²) in [6.07, 6.45) is 1.35. The number of carbonyl (C=O) groups excluding carboxylic acids is 1. The Morgan fingerprint density at radius 2 is 1.92 bits per heavy atom. The van der Waals surface area contributed by atoms with Crippen molar-refractivity contribution in [2.75, 3.05) is 19.0 Å². The molecule has 1 amide bonds. The predicted molar refractivity (Wildman–Crippen MR) is 108 cm³/mol. The Morgan fingerprint density at radius 1 is 1.20 bits per heavy atom. The molecule has 0 aliphatic heterocycles. The number of carbonyl (C=O) groups is 1. The molecule has 0 atom stereocenters. The highest BCUT2D eigenvalue weighted by Crippen LogP contribution is 2.32. The van der Waals surface area contributed by atoms with Crippen LogP contribution in [0.2, 0.25) is 0 Å². The number of nitrogens with one attached hydrogen (secondary N) is 2. The van der Waals surface area contributed by atoms with E-state index in [1.807, 2.05) is 12.1 Å².